The number of hydrogen-bond acceptors (Lipinski definition) is 3. The Balaban J connectivity index is 2.08. The number of carbonyl (C=O) groups excluding carboxylic acids is 1. The van der Waals surface area contributed by atoms with Crippen molar-refractivity contribution < 1.29 is 19.8 Å². The van der Waals surface area contributed by atoms with E-state index in [1.807, 2.05) is 0 Å². The molecule has 0 heterocycles. The van der Waals surface area contributed by atoms with Crippen molar-refractivity contribution >= 4 is 17.6 Å². The average molecular weight is 285 g/mol. The van der Waals surface area contributed by atoms with Crippen LogP contribution in [0.1, 0.15) is 21.5 Å². The van der Waals surface area contributed by atoms with Gasteiger partial charge in [-0.1, -0.05) is 12.1 Å². The number of aromatic carboxylic acids is 1. The highest BCUT2D eigenvalue weighted by atomic mass is 16.4. The van der Waals surface area contributed by atoms with Crippen molar-refractivity contribution in [1.29, 1.82) is 0 Å². The fraction of sp³-hybridized carbons (Fsp3) is 0.125. The number of phenolic OH excluding ortho intramolecular Hbond substituents is 1. The molecule has 1 amide bonds. The predicted molar refractivity (Wildman–Crippen MR) is 78.6 cm³/mol. The van der Waals surface area contributed by atoms with Gasteiger partial charge in [-0.3, -0.25) is 4.79 Å². The number of carbonyl (C=O) groups is 2. The van der Waals surface area contributed by atoms with Crippen LogP contribution < -0.4 is 5.32 Å². The number of carboxylic acid groups (broad SMARTS) is 1. The molecule has 0 fully saturated rings. The zero-order chi connectivity index (χ0) is 15.4. The molecule has 21 heavy (non-hydrogen) atoms. The van der Waals surface area contributed by atoms with Crippen molar-refractivity contribution in [2.24, 2.45) is 0 Å². The van der Waals surface area contributed by atoms with Crippen molar-refractivity contribution in [1.82, 2.24) is 0 Å². The second-order valence-corrected chi connectivity index (χ2v) is 4.73. The maximum Gasteiger partial charge on any atom is 0.335 e. The zero-order valence-electron chi connectivity index (χ0n) is 11.5. The Bertz CT molecular complexity index is 694. The minimum absolute atomic E-state index is 0.113. The molecule has 0 aliphatic heterocycles. The number of benzene rings is 2. The summed E-state index contributed by atoms with van der Waals surface area (Å²) >= 11 is 0. The monoisotopic (exact) mass is 285 g/mol. The number of aromatic hydroxyl groups is 1. The Morgan fingerprint density at radius 1 is 1.14 bits per heavy atom. The first-order valence-electron chi connectivity index (χ1n) is 6.37. The maximum atomic E-state index is 12.0. The van der Waals surface area contributed by atoms with Gasteiger partial charge in [0.05, 0.1) is 12.0 Å². The lowest BCUT2D eigenvalue weighted by Gasteiger charge is -2.09. The second-order valence-electron chi connectivity index (χ2n) is 4.73. The number of hydrogen-bond donors (Lipinski definition) is 3. The molecule has 2 rings (SSSR count). The van der Waals surface area contributed by atoms with Gasteiger partial charge in [0.1, 0.15) is 5.75 Å². The van der Waals surface area contributed by atoms with E-state index in [0.29, 0.717) is 16.8 Å². The lowest BCUT2D eigenvalue weighted by Crippen LogP contribution is -2.15. The summed E-state index contributed by atoms with van der Waals surface area (Å²) < 4.78 is 0. The number of rotatable bonds is 4. The van der Waals surface area contributed by atoms with Gasteiger partial charge in [0, 0.05) is 5.69 Å². The highest BCUT2D eigenvalue weighted by molar-refractivity contribution is 5.94. The van der Waals surface area contributed by atoms with Gasteiger partial charge in [-0.15, -0.1) is 0 Å². The Hall–Kier alpha value is -2.82. The third-order valence-corrected chi connectivity index (χ3v) is 3.02. The number of nitrogens with one attached hydrogen (secondary N) is 1. The molecule has 0 saturated heterocycles. The van der Waals surface area contributed by atoms with Gasteiger partial charge in [-0.05, 0) is 48.4 Å². The number of amides is 1. The number of carboxylic acids is 1. The van der Waals surface area contributed by atoms with Crippen molar-refractivity contribution in [3.05, 3.63) is 59.2 Å². The minimum Gasteiger partial charge on any atom is -0.508 e. The van der Waals surface area contributed by atoms with Crippen LogP contribution in [0.3, 0.4) is 0 Å². The van der Waals surface area contributed by atoms with E-state index in [-0.39, 0.29) is 23.6 Å². The summed E-state index contributed by atoms with van der Waals surface area (Å²) in [6.45, 7) is 1.73. The van der Waals surface area contributed by atoms with Crippen LogP contribution >= 0.6 is 0 Å². The van der Waals surface area contributed by atoms with Crippen LogP contribution in [0, 0.1) is 6.92 Å². The largest absolute Gasteiger partial charge is 0.508 e. The van der Waals surface area contributed by atoms with Crippen LogP contribution in [-0.4, -0.2) is 22.1 Å². The first-order valence-corrected chi connectivity index (χ1v) is 6.37. The third-order valence-electron chi connectivity index (χ3n) is 3.02. The molecule has 2 aromatic rings. The smallest absolute Gasteiger partial charge is 0.335 e. The van der Waals surface area contributed by atoms with Crippen molar-refractivity contribution in [3.63, 3.8) is 0 Å². The van der Waals surface area contributed by atoms with Gasteiger partial charge >= 0.3 is 5.97 Å². The topological polar surface area (TPSA) is 86.6 Å². The molecule has 0 aromatic heterocycles. The molecule has 2 aromatic carbocycles. The maximum absolute atomic E-state index is 12.0. The van der Waals surface area contributed by atoms with E-state index in [9.17, 15) is 14.7 Å². The highest BCUT2D eigenvalue weighted by Gasteiger charge is 2.09. The summed E-state index contributed by atoms with van der Waals surface area (Å²) in [6, 6.07) is 11.0. The molecule has 0 atom stereocenters. The molecule has 0 aliphatic carbocycles. The Morgan fingerprint density at radius 2 is 1.90 bits per heavy atom. The van der Waals surface area contributed by atoms with Gasteiger partial charge in [0.2, 0.25) is 5.91 Å². The zero-order valence-corrected chi connectivity index (χ0v) is 11.5. The van der Waals surface area contributed by atoms with Crippen LogP contribution in [0.15, 0.2) is 42.5 Å². The standard InChI is InChI=1S/C16H15NO4/c1-10-7-12(16(20)21)5-6-14(10)17-15(19)9-11-3-2-4-13(18)8-11/h2-8,18H,9H2,1H3,(H,17,19)(H,20,21). The van der Waals surface area contributed by atoms with Crippen molar-refractivity contribution in [3.8, 4) is 5.75 Å². The van der Waals surface area contributed by atoms with Crippen molar-refractivity contribution in [2.45, 2.75) is 13.3 Å². The first kappa shape index (κ1) is 14.6. The van der Waals surface area contributed by atoms with Crippen molar-refractivity contribution in [2.75, 3.05) is 5.32 Å². The predicted octanol–water partition coefficient (Wildman–Crippen LogP) is 2.58. The first-order chi connectivity index (χ1) is 9.95. The van der Waals surface area contributed by atoms with Gasteiger partial charge in [0.25, 0.3) is 0 Å². The van der Waals surface area contributed by atoms with Gasteiger partial charge in [0.15, 0.2) is 0 Å². The molecule has 0 unspecified atom stereocenters. The van der Waals surface area contributed by atoms with Gasteiger partial charge < -0.3 is 15.5 Å². The quantitative estimate of drug-likeness (QED) is 0.805. The molecule has 0 aliphatic rings. The summed E-state index contributed by atoms with van der Waals surface area (Å²) in [5, 5.41) is 21.0. The Labute approximate surface area is 121 Å². The molecule has 3 N–H and O–H groups in total. The lowest BCUT2D eigenvalue weighted by atomic mass is 10.1. The molecular weight excluding hydrogens is 270 g/mol. The number of phenols is 1. The van der Waals surface area contributed by atoms with Crippen LogP contribution in [0.2, 0.25) is 0 Å². The minimum atomic E-state index is -1.00. The molecule has 0 bridgehead atoms. The summed E-state index contributed by atoms with van der Waals surface area (Å²) in [4.78, 5) is 22.8. The number of anilines is 1. The summed E-state index contributed by atoms with van der Waals surface area (Å²) in [7, 11) is 0. The van der Waals surface area contributed by atoms with E-state index in [4.69, 9.17) is 5.11 Å². The molecule has 108 valence electrons. The van der Waals surface area contributed by atoms with E-state index < -0.39 is 5.97 Å². The molecule has 5 heteroatoms. The summed E-state index contributed by atoms with van der Waals surface area (Å²) in [5.41, 5.74) is 2.13. The fourth-order valence-electron chi connectivity index (χ4n) is 1.98. The number of aryl methyl sites for hydroxylation is 1. The van der Waals surface area contributed by atoms with Crippen LogP contribution in [0.25, 0.3) is 0 Å². The van der Waals surface area contributed by atoms with Crippen LogP contribution in [0.4, 0.5) is 5.69 Å². The third kappa shape index (κ3) is 3.82. The van der Waals surface area contributed by atoms with Gasteiger partial charge in [-0.25, -0.2) is 4.79 Å². The molecule has 5 nitrogen and oxygen atoms in total. The second kappa shape index (κ2) is 6.09. The molecular formula is C16H15NO4. The molecule has 0 radical (unpaired) electrons. The van der Waals surface area contributed by atoms with Crippen LogP contribution in [0.5, 0.6) is 5.75 Å². The van der Waals surface area contributed by atoms with Crippen LogP contribution in [-0.2, 0) is 11.2 Å². The Morgan fingerprint density at radius 3 is 2.52 bits per heavy atom. The normalized spacial score (nSPS) is 10.1. The SMILES string of the molecule is Cc1cc(C(=O)O)ccc1NC(=O)Cc1cccc(O)c1. The van der Waals surface area contributed by atoms with E-state index in [0.717, 1.165) is 0 Å². The summed E-state index contributed by atoms with van der Waals surface area (Å²) in [5.74, 6) is -1.12. The molecule has 0 spiro atoms. The van der Waals surface area contributed by atoms with E-state index in [1.54, 1.807) is 25.1 Å². The van der Waals surface area contributed by atoms with E-state index in [1.165, 1.54) is 24.3 Å². The Kier molecular flexibility index (Phi) is 4.23. The lowest BCUT2D eigenvalue weighted by molar-refractivity contribution is -0.115. The molecule has 0 saturated carbocycles. The summed E-state index contributed by atoms with van der Waals surface area (Å²) in [6.07, 6.45) is 0.133. The van der Waals surface area contributed by atoms with E-state index in [2.05, 4.69) is 5.32 Å². The fourth-order valence-corrected chi connectivity index (χ4v) is 1.98. The average Bonchev–Trinajstić information content (AvgIpc) is 2.40. The van der Waals surface area contributed by atoms with Gasteiger partial charge in [-0.2, -0.15) is 0 Å². The highest BCUT2D eigenvalue weighted by Crippen LogP contribution is 2.17. The van der Waals surface area contributed by atoms with E-state index >= 15 is 0 Å².